The molecule has 29 heavy (non-hydrogen) atoms. The minimum absolute atomic E-state index is 0.304. The lowest BCUT2D eigenvalue weighted by atomic mass is 10.2. The lowest BCUT2D eigenvalue weighted by Crippen LogP contribution is -2.24. The van der Waals surface area contributed by atoms with E-state index in [9.17, 15) is 4.79 Å². The van der Waals surface area contributed by atoms with Crippen molar-refractivity contribution in [3.8, 4) is 17.1 Å². The zero-order valence-electron chi connectivity index (χ0n) is 17.3. The number of anilines is 2. The number of hydrogen-bond acceptors (Lipinski definition) is 5. The monoisotopic (exact) mass is 390 g/mol. The summed E-state index contributed by atoms with van der Waals surface area (Å²) < 4.78 is 5.37. The van der Waals surface area contributed by atoms with Crippen LogP contribution in [0.5, 0.6) is 5.75 Å². The highest BCUT2D eigenvalue weighted by molar-refractivity contribution is 6.04. The Morgan fingerprint density at radius 3 is 2.41 bits per heavy atom. The SMILES string of the molecule is CCN(CC)c1cc(C(=O)Nc2cc(C)ccc2OC)nc(-c2ccccc2)n1. The Morgan fingerprint density at radius 2 is 1.76 bits per heavy atom. The summed E-state index contributed by atoms with van der Waals surface area (Å²) in [5.74, 6) is 1.55. The van der Waals surface area contributed by atoms with Crippen molar-refractivity contribution in [2.75, 3.05) is 30.4 Å². The number of methoxy groups -OCH3 is 1. The number of nitrogens with zero attached hydrogens (tertiary/aromatic N) is 3. The number of amides is 1. The Bertz CT molecular complexity index is 985. The first kappa shape index (κ1) is 20.3. The highest BCUT2D eigenvalue weighted by Crippen LogP contribution is 2.26. The van der Waals surface area contributed by atoms with Gasteiger partial charge < -0.3 is 15.0 Å². The van der Waals surface area contributed by atoms with Gasteiger partial charge >= 0.3 is 0 Å². The van der Waals surface area contributed by atoms with E-state index in [1.54, 1.807) is 13.2 Å². The van der Waals surface area contributed by atoms with Gasteiger partial charge in [0.2, 0.25) is 0 Å². The summed E-state index contributed by atoms with van der Waals surface area (Å²) in [5.41, 5.74) is 2.81. The standard InChI is InChI=1S/C23H26N4O2/c1-5-27(6-2)21-15-19(24-22(26-21)17-10-8-7-9-11-17)23(28)25-18-14-16(3)12-13-20(18)29-4/h7-15H,5-6H2,1-4H3,(H,25,28). The van der Waals surface area contributed by atoms with Crippen LogP contribution in [0.1, 0.15) is 29.9 Å². The molecule has 6 nitrogen and oxygen atoms in total. The smallest absolute Gasteiger partial charge is 0.274 e. The molecule has 0 aliphatic rings. The van der Waals surface area contributed by atoms with Crippen LogP contribution in [0, 0.1) is 6.92 Å². The predicted octanol–water partition coefficient (Wildman–Crippen LogP) is 4.56. The number of rotatable bonds is 7. The summed E-state index contributed by atoms with van der Waals surface area (Å²) in [6, 6.07) is 17.1. The second-order valence-corrected chi connectivity index (χ2v) is 6.63. The first-order valence-electron chi connectivity index (χ1n) is 9.71. The van der Waals surface area contributed by atoms with Crippen molar-refractivity contribution >= 4 is 17.4 Å². The van der Waals surface area contributed by atoms with E-state index < -0.39 is 0 Å². The summed E-state index contributed by atoms with van der Waals surface area (Å²) >= 11 is 0. The fraction of sp³-hybridized carbons (Fsp3) is 0.261. The first-order chi connectivity index (χ1) is 14.0. The maximum absolute atomic E-state index is 13.1. The largest absolute Gasteiger partial charge is 0.495 e. The van der Waals surface area contributed by atoms with Crippen molar-refractivity contribution < 1.29 is 9.53 Å². The van der Waals surface area contributed by atoms with Crippen molar-refractivity contribution in [2.24, 2.45) is 0 Å². The summed E-state index contributed by atoms with van der Waals surface area (Å²) in [5, 5.41) is 2.93. The molecule has 3 rings (SSSR count). The van der Waals surface area contributed by atoms with Gasteiger partial charge in [-0.1, -0.05) is 36.4 Å². The molecule has 1 N–H and O–H groups in total. The Morgan fingerprint density at radius 1 is 1.03 bits per heavy atom. The topological polar surface area (TPSA) is 67.4 Å². The molecule has 0 fully saturated rings. The van der Waals surface area contributed by atoms with E-state index in [2.05, 4.69) is 29.0 Å². The Labute approximate surface area is 171 Å². The molecule has 0 radical (unpaired) electrons. The van der Waals surface area contributed by atoms with Crippen LogP contribution in [0.3, 0.4) is 0 Å². The molecule has 0 aliphatic carbocycles. The Balaban J connectivity index is 2.02. The zero-order valence-corrected chi connectivity index (χ0v) is 17.3. The number of carbonyl (C=O) groups excluding carboxylic acids is 1. The lowest BCUT2D eigenvalue weighted by Gasteiger charge is -2.21. The van der Waals surface area contributed by atoms with E-state index in [0.29, 0.717) is 23.0 Å². The third-order valence-corrected chi connectivity index (χ3v) is 4.67. The van der Waals surface area contributed by atoms with Gasteiger partial charge in [0.25, 0.3) is 5.91 Å². The van der Waals surface area contributed by atoms with Crippen molar-refractivity contribution in [3.05, 3.63) is 65.9 Å². The Kier molecular flexibility index (Phi) is 6.44. The van der Waals surface area contributed by atoms with E-state index >= 15 is 0 Å². The van der Waals surface area contributed by atoms with Gasteiger partial charge in [0.1, 0.15) is 17.3 Å². The second kappa shape index (κ2) is 9.19. The number of nitrogens with one attached hydrogen (secondary N) is 1. The summed E-state index contributed by atoms with van der Waals surface area (Å²) in [6.07, 6.45) is 0. The van der Waals surface area contributed by atoms with Crippen LogP contribution in [0.15, 0.2) is 54.6 Å². The van der Waals surface area contributed by atoms with E-state index in [1.807, 2.05) is 55.5 Å². The highest BCUT2D eigenvalue weighted by atomic mass is 16.5. The minimum atomic E-state index is -0.304. The number of carbonyl (C=O) groups is 1. The second-order valence-electron chi connectivity index (χ2n) is 6.63. The molecule has 0 spiro atoms. The molecule has 0 aliphatic heterocycles. The zero-order chi connectivity index (χ0) is 20.8. The van der Waals surface area contributed by atoms with Crippen LogP contribution >= 0.6 is 0 Å². The van der Waals surface area contributed by atoms with Crippen molar-refractivity contribution in [1.82, 2.24) is 9.97 Å². The van der Waals surface area contributed by atoms with Crippen LogP contribution < -0.4 is 15.0 Å². The molecule has 1 heterocycles. The molecule has 0 unspecified atom stereocenters. The van der Waals surface area contributed by atoms with E-state index in [0.717, 1.165) is 30.0 Å². The average Bonchev–Trinajstić information content (AvgIpc) is 2.75. The van der Waals surface area contributed by atoms with Gasteiger partial charge in [0, 0.05) is 24.7 Å². The van der Waals surface area contributed by atoms with Gasteiger partial charge in [-0.15, -0.1) is 0 Å². The normalized spacial score (nSPS) is 10.5. The van der Waals surface area contributed by atoms with Crippen LogP contribution in [0.25, 0.3) is 11.4 Å². The van der Waals surface area contributed by atoms with Gasteiger partial charge in [0.15, 0.2) is 5.82 Å². The molecule has 3 aromatic rings. The van der Waals surface area contributed by atoms with Crippen LogP contribution in [-0.4, -0.2) is 36.1 Å². The van der Waals surface area contributed by atoms with Crippen molar-refractivity contribution in [3.63, 3.8) is 0 Å². The summed E-state index contributed by atoms with van der Waals surface area (Å²) in [6.45, 7) is 7.66. The van der Waals surface area contributed by atoms with Gasteiger partial charge in [-0.25, -0.2) is 9.97 Å². The molecule has 1 aromatic heterocycles. The van der Waals surface area contributed by atoms with Crippen molar-refractivity contribution in [1.29, 1.82) is 0 Å². The van der Waals surface area contributed by atoms with Crippen LogP contribution in [0.4, 0.5) is 11.5 Å². The minimum Gasteiger partial charge on any atom is -0.495 e. The molecule has 1 amide bonds. The molecule has 150 valence electrons. The molecule has 0 saturated carbocycles. The van der Waals surface area contributed by atoms with Crippen molar-refractivity contribution in [2.45, 2.75) is 20.8 Å². The summed E-state index contributed by atoms with van der Waals surface area (Å²) in [7, 11) is 1.58. The number of ether oxygens (including phenoxy) is 1. The third kappa shape index (κ3) is 4.71. The van der Waals surface area contributed by atoms with E-state index in [4.69, 9.17) is 9.72 Å². The first-order valence-corrected chi connectivity index (χ1v) is 9.71. The lowest BCUT2D eigenvalue weighted by molar-refractivity contribution is 0.102. The fourth-order valence-corrected chi connectivity index (χ4v) is 3.08. The fourth-order valence-electron chi connectivity index (χ4n) is 3.08. The van der Waals surface area contributed by atoms with E-state index in [1.165, 1.54) is 0 Å². The molecule has 0 bridgehead atoms. The van der Waals surface area contributed by atoms with E-state index in [-0.39, 0.29) is 5.91 Å². The summed E-state index contributed by atoms with van der Waals surface area (Å²) in [4.78, 5) is 24.4. The number of hydrogen-bond donors (Lipinski definition) is 1. The molecular weight excluding hydrogens is 364 g/mol. The maximum Gasteiger partial charge on any atom is 0.274 e. The molecular formula is C23H26N4O2. The van der Waals surface area contributed by atoms with Gasteiger partial charge in [-0.05, 0) is 38.5 Å². The number of aryl methyl sites for hydroxylation is 1. The molecule has 2 aromatic carbocycles. The predicted molar refractivity (Wildman–Crippen MR) is 117 cm³/mol. The van der Waals surface area contributed by atoms with Gasteiger partial charge in [-0.2, -0.15) is 0 Å². The average molecular weight is 390 g/mol. The number of aromatic nitrogens is 2. The van der Waals surface area contributed by atoms with Gasteiger partial charge in [0.05, 0.1) is 12.8 Å². The highest BCUT2D eigenvalue weighted by Gasteiger charge is 2.17. The van der Waals surface area contributed by atoms with Crippen LogP contribution in [-0.2, 0) is 0 Å². The maximum atomic E-state index is 13.1. The molecule has 0 saturated heterocycles. The quantitative estimate of drug-likeness (QED) is 0.641. The molecule has 6 heteroatoms. The van der Waals surface area contributed by atoms with Crippen LogP contribution in [0.2, 0.25) is 0 Å². The third-order valence-electron chi connectivity index (χ3n) is 4.67. The Hall–Kier alpha value is -3.41. The van der Waals surface area contributed by atoms with Gasteiger partial charge in [-0.3, -0.25) is 4.79 Å². The molecule has 0 atom stereocenters. The number of benzene rings is 2.